The summed E-state index contributed by atoms with van der Waals surface area (Å²) in [5.41, 5.74) is 6.49. The van der Waals surface area contributed by atoms with Crippen molar-refractivity contribution in [2.75, 3.05) is 12.3 Å². The van der Waals surface area contributed by atoms with Crippen LogP contribution in [0.5, 0.6) is 5.75 Å². The Bertz CT molecular complexity index is 1460. The monoisotopic (exact) mass is 592 g/mol. The number of aliphatic hydroxyl groups excluding tert-OH is 1. The number of nitrogens with zero attached hydrogens (tertiary/aromatic N) is 4. The summed E-state index contributed by atoms with van der Waals surface area (Å²) >= 11 is 6.86. The van der Waals surface area contributed by atoms with Crippen LogP contribution in [0.1, 0.15) is 33.9 Å². The number of nitrogen functional groups attached to an aromatic ring is 1. The van der Waals surface area contributed by atoms with Crippen molar-refractivity contribution in [1.29, 1.82) is 0 Å². The second-order valence-corrected chi connectivity index (χ2v) is 11.6. The SMILES string of the molecule is CC#CC1(Cl)C(O)[C@@H](COP(=O)(N[C@@H](C)C(=O)OC(C)C)Oc2ccccc2)OC1n1cnc2cnc(N)nc21. The van der Waals surface area contributed by atoms with E-state index in [0.29, 0.717) is 11.2 Å². The first-order valence-electron chi connectivity index (χ1n) is 12.3. The minimum Gasteiger partial charge on any atom is -0.462 e. The number of benzene rings is 1. The smallest absolute Gasteiger partial charge is 0.459 e. The van der Waals surface area contributed by atoms with Crippen molar-refractivity contribution >= 4 is 42.4 Å². The van der Waals surface area contributed by atoms with E-state index >= 15 is 0 Å². The number of aliphatic hydroxyl groups is 1. The van der Waals surface area contributed by atoms with Gasteiger partial charge in [-0.3, -0.25) is 13.9 Å². The molecule has 13 nitrogen and oxygen atoms in total. The highest BCUT2D eigenvalue weighted by Gasteiger charge is 2.56. The number of ether oxygens (including phenoxy) is 2. The number of para-hydroxylation sites is 1. The quantitative estimate of drug-likeness (QED) is 0.136. The highest BCUT2D eigenvalue weighted by molar-refractivity contribution is 7.52. The van der Waals surface area contributed by atoms with Gasteiger partial charge in [-0.25, -0.2) is 14.5 Å². The number of esters is 1. The first kappa shape index (κ1) is 29.7. The molecular formula is C25H30ClN6O7P. The Morgan fingerprint density at radius 1 is 1.32 bits per heavy atom. The highest BCUT2D eigenvalue weighted by atomic mass is 35.5. The van der Waals surface area contributed by atoms with Gasteiger partial charge in [0.2, 0.25) is 5.95 Å². The summed E-state index contributed by atoms with van der Waals surface area (Å²) in [7, 11) is -4.23. The standard InChI is InChI=1S/C25H30ClN6O7P/c1-5-11-25(26)20(33)19(38-23(25)32-14-29-18-12-28-24(27)30-21(18)32)13-36-40(35,39-17-9-7-6-8-10-17)31-16(4)22(34)37-15(2)3/h6-10,12,14-16,19-20,23,33H,13H2,1-4H3,(H,31,35)(H2,27,28,30)/t16-,19+,20?,23?,25?,40?/m0/s1. The fourth-order valence-electron chi connectivity index (χ4n) is 4.00. The molecule has 6 atom stereocenters. The van der Waals surface area contributed by atoms with Crippen molar-refractivity contribution in [1.82, 2.24) is 24.6 Å². The zero-order valence-corrected chi connectivity index (χ0v) is 23.9. The predicted molar refractivity (Wildman–Crippen MR) is 146 cm³/mol. The van der Waals surface area contributed by atoms with Crippen LogP contribution in [0.25, 0.3) is 11.2 Å². The number of fused-ring (bicyclic) bond motifs is 1. The first-order chi connectivity index (χ1) is 19.0. The molecule has 214 valence electrons. The molecule has 4 N–H and O–H groups in total. The van der Waals surface area contributed by atoms with E-state index in [9.17, 15) is 14.5 Å². The maximum atomic E-state index is 13.8. The molecule has 1 aliphatic heterocycles. The van der Waals surface area contributed by atoms with Gasteiger partial charge in [0.25, 0.3) is 0 Å². The van der Waals surface area contributed by atoms with Crippen LogP contribution in [0.15, 0.2) is 42.9 Å². The lowest BCUT2D eigenvalue weighted by molar-refractivity contribution is -0.149. The molecule has 15 heteroatoms. The predicted octanol–water partition coefficient (Wildman–Crippen LogP) is 2.80. The van der Waals surface area contributed by atoms with Gasteiger partial charge in [-0.2, -0.15) is 10.1 Å². The van der Waals surface area contributed by atoms with Crippen LogP contribution < -0.4 is 15.3 Å². The third-order valence-electron chi connectivity index (χ3n) is 5.78. The number of carbonyl (C=O) groups is 1. The number of alkyl halides is 1. The summed E-state index contributed by atoms with van der Waals surface area (Å²) in [5.74, 6) is 5.09. The molecule has 0 saturated carbocycles. The Morgan fingerprint density at radius 3 is 2.73 bits per heavy atom. The number of rotatable bonds is 10. The van der Waals surface area contributed by atoms with Crippen molar-refractivity contribution in [2.45, 2.75) is 63.2 Å². The van der Waals surface area contributed by atoms with Crippen LogP contribution in [-0.2, 0) is 23.4 Å². The lowest BCUT2D eigenvalue weighted by Crippen LogP contribution is -2.42. The van der Waals surface area contributed by atoms with Crippen LogP contribution in [0.4, 0.5) is 5.95 Å². The van der Waals surface area contributed by atoms with Crippen LogP contribution >= 0.6 is 19.3 Å². The Hall–Kier alpha value is -3.24. The van der Waals surface area contributed by atoms with Gasteiger partial charge in [0.1, 0.15) is 29.5 Å². The lowest BCUT2D eigenvalue weighted by Gasteiger charge is -2.26. The van der Waals surface area contributed by atoms with E-state index in [1.807, 2.05) is 0 Å². The van der Waals surface area contributed by atoms with E-state index in [1.54, 1.807) is 51.1 Å². The average molecular weight is 593 g/mol. The number of aromatic nitrogens is 4. The van der Waals surface area contributed by atoms with Gasteiger partial charge < -0.3 is 24.8 Å². The number of hydrogen-bond acceptors (Lipinski definition) is 11. The molecule has 0 bridgehead atoms. The summed E-state index contributed by atoms with van der Waals surface area (Å²) in [6.07, 6.45) is -1.17. The van der Waals surface area contributed by atoms with E-state index < -0.39 is 49.7 Å². The maximum absolute atomic E-state index is 13.8. The van der Waals surface area contributed by atoms with Gasteiger partial charge in [-0.1, -0.05) is 35.7 Å². The molecule has 3 aromatic rings. The second-order valence-electron chi connectivity index (χ2n) is 9.24. The fraction of sp³-hybridized carbons (Fsp3) is 0.440. The Morgan fingerprint density at radius 2 is 2.05 bits per heavy atom. The number of imidazole rings is 1. The van der Waals surface area contributed by atoms with E-state index in [0.717, 1.165) is 0 Å². The molecule has 1 saturated heterocycles. The number of hydrogen-bond donors (Lipinski definition) is 3. The zero-order valence-electron chi connectivity index (χ0n) is 22.2. The molecular weight excluding hydrogens is 563 g/mol. The van der Waals surface area contributed by atoms with Crippen molar-refractivity contribution < 1.29 is 33.0 Å². The molecule has 1 aromatic carbocycles. The normalized spacial score (nSPS) is 24.7. The first-order valence-corrected chi connectivity index (χ1v) is 14.3. The minimum atomic E-state index is -4.23. The molecule has 1 aliphatic rings. The van der Waals surface area contributed by atoms with Crippen LogP contribution in [0.2, 0.25) is 0 Å². The van der Waals surface area contributed by atoms with Crippen molar-refractivity contribution in [3.8, 4) is 17.6 Å². The molecule has 3 heterocycles. The third-order valence-corrected chi connectivity index (χ3v) is 7.93. The Kier molecular flexibility index (Phi) is 8.99. The molecule has 4 unspecified atom stereocenters. The largest absolute Gasteiger partial charge is 0.462 e. The van der Waals surface area contributed by atoms with Gasteiger partial charge in [0.05, 0.1) is 25.2 Å². The molecule has 0 radical (unpaired) electrons. The van der Waals surface area contributed by atoms with E-state index in [4.69, 9.17) is 35.9 Å². The third kappa shape index (κ3) is 6.39. The highest BCUT2D eigenvalue weighted by Crippen LogP contribution is 2.48. The van der Waals surface area contributed by atoms with Gasteiger partial charge >= 0.3 is 13.7 Å². The van der Waals surface area contributed by atoms with Crippen molar-refractivity contribution in [2.24, 2.45) is 0 Å². The summed E-state index contributed by atoms with van der Waals surface area (Å²) in [5, 5.41) is 13.8. The number of nitrogens with two attached hydrogens (primary N) is 1. The van der Waals surface area contributed by atoms with E-state index in [-0.39, 0.29) is 17.8 Å². The van der Waals surface area contributed by atoms with Crippen molar-refractivity contribution in [3.63, 3.8) is 0 Å². The lowest BCUT2D eigenvalue weighted by atomic mass is 9.99. The molecule has 0 aliphatic carbocycles. The fourth-order valence-corrected chi connectivity index (χ4v) is 5.89. The summed E-state index contributed by atoms with van der Waals surface area (Å²) in [6, 6.07) is 7.21. The summed E-state index contributed by atoms with van der Waals surface area (Å²) in [4.78, 5) is 23.1. The van der Waals surface area contributed by atoms with Crippen LogP contribution in [0, 0.1) is 11.8 Å². The van der Waals surface area contributed by atoms with Crippen LogP contribution in [-0.4, -0.2) is 66.4 Å². The van der Waals surface area contributed by atoms with Gasteiger partial charge in [-0.15, -0.1) is 5.92 Å². The van der Waals surface area contributed by atoms with Crippen LogP contribution in [0.3, 0.4) is 0 Å². The van der Waals surface area contributed by atoms with Gasteiger partial charge in [0.15, 0.2) is 16.7 Å². The van der Waals surface area contributed by atoms with E-state index in [1.165, 1.54) is 24.0 Å². The minimum absolute atomic E-state index is 0.00427. The number of halogens is 1. The second kappa shape index (κ2) is 12.1. The zero-order chi connectivity index (χ0) is 29.1. The number of nitrogens with one attached hydrogen (secondary N) is 1. The summed E-state index contributed by atoms with van der Waals surface area (Å²) in [6.45, 7) is 5.96. The Balaban J connectivity index is 1.59. The molecule has 1 fully saturated rings. The number of carbonyl (C=O) groups excluding carboxylic acids is 1. The van der Waals surface area contributed by atoms with Gasteiger partial charge in [0, 0.05) is 0 Å². The van der Waals surface area contributed by atoms with Gasteiger partial charge in [-0.05, 0) is 39.8 Å². The topological polar surface area (TPSA) is 173 Å². The molecule has 4 rings (SSSR count). The number of anilines is 1. The molecule has 40 heavy (non-hydrogen) atoms. The molecule has 0 amide bonds. The maximum Gasteiger partial charge on any atom is 0.459 e. The average Bonchev–Trinajstić information content (AvgIpc) is 3.41. The van der Waals surface area contributed by atoms with E-state index in [2.05, 4.69) is 31.9 Å². The Labute approximate surface area is 235 Å². The van der Waals surface area contributed by atoms with Crippen molar-refractivity contribution in [3.05, 3.63) is 42.9 Å². The molecule has 2 aromatic heterocycles. The summed E-state index contributed by atoms with van der Waals surface area (Å²) < 4.78 is 38.0. The molecule has 0 spiro atoms.